The topological polar surface area (TPSA) is 58.4 Å². The van der Waals surface area contributed by atoms with E-state index in [4.69, 9.17) is 5.73 Å². The first-order valence-corrected chi connectivity index (χ1v) is 6.68. The summed E-state index contributed by atoms with van der Waals surface area (Å²) in [7, 11) is 0. The van der Waals surface area contributed by atoms with E-state index in [-0.39, 0.29) is 18.0 Å². The molecule has 0 aliphatic carbocycles. The van der Waals surface area contributed by atoms with Crippen LogP contribution in [-0.4, -0.2) is 42.5 Å². The number of amides is 1. The molecule has 0 aromatic carbocycles. The summed E-state index contributed by atoms with van der Waals surface area (Å²) >= 11 is 0. The van der Waals surface area contributed by atoms with Crippen LogP contribution in [0, 0.1) is 5.92 Å². The molecule has 0 aliphatic rings. The second-order valence-electron chi connectivity index (χ2n) is 5.14. The Kier molecular flexibility index (Phi) is 8.17. The normalized spacial score (nSPS) is 15.2. The van der Waals surface area contributed by atoms with Gasteiger partial charge in [-0.1, -0.05) is 41.0 Å². The number of likely N-dealkylation sites (N-methyl/N-ethyl adjacent to an activating group) is 1. The van der Waals surface area contributed by atoms with Crippen molar-refractivity contribution in [3.63, 3.8) is 0 Å². The summed E-state index contributed by atoms with van der Waals surface area (Å²) in [5, 5.41) is 3.22. The van der Waals surface area contributed by atoms with Crippen LogP contribution in [0.3, 0.4) is 0 Å². The third-order valence-electron chi connectivity index (χ3n) is 3.03. The molecule has 0 bridgehead atoms. The standard InChI is InChI=1S/C13H29N3O/c1-6-11(5)8-16(7-2)9-12(13(14)17)15-10(3)4/h10-12,15H,6-9H2,1-5H3,(H2,14,17). The number of nitrogens with one attached hydrogen (secondary N) is 1. The lowest BCUT2D eigenvalue weighted by molar-refractivity contribution is -0.120. The van der Waals surface area contributed by atoms with Crippen molar-refractivity contribution in [1.29, 1.82) is 0 Å². The van der Waals surface area contributed by atoms with Gasteiger partial charge in [0.25, 0.3) is 0 Å². The average molecular weight is 243 g/mol. The van der Waals surface area contributed by atoms with Gasteiger partial charge >= 0.3 is 0 Å². The van der Waals surface area contributed by atoms with Crippen LogP contribution in [0.5, 0.6) is 0 Å². The molecular formula is C13H29N3O. The number of carbonyl (C=O) groups excluding carboxylic acids is 1. The first-order valence-electron chi connectivity index (χ1n) is 6.68. The Bertz CT molecular complexity index is 219. The van der Waals surface area contributed by atoms with Gasteiger partial charge < -0.3 is 16.0 Å². The molecule has 0 saturated heterocycles. The molecule has 2 atom stereocenters. The minimum Gasteiger partial charge on any atom is -0.368 e. The molecule has 102 valence electrons. The molecule has 0 spiro atoms. The molecule has 0 aliphatic heterocycles. The van der Waals surface area contributed by atoms with E-state index in [0.29, 0.717) is 12.5 Å². The molecule has 0 fully saturated rings. The van der Waals surface area contributed by atoms with Crippen LogP contribution in [-0.2, 0) is 4.79 Å². The van der Waals surface area contributed by atoms with Crippen molar-refractivity contribution in [3.05, 3.63) is 0 Å². The molecule has 1 amide bonds. The summed E-state index contributed by atoms with van der Waals surface area (Å²) in [5.74, 6) is 0.392. The van der Waals surface area contributed by atoms with Crippen LogP contribution in [0.25, 0.3) is 0 Å². The number of primary amides is 1. The van der Waals surface area contributed by atoms with Crippen molar-refractivity contribution >= 4 is 5.91 Å². The number of nitrogens with zero attached hydrogens (tertiary/aromatic N) is 1. The van der Waals surface area contributed by atoms with Gasteiger partial charge in [0.1, 0.15) is 0 Å². The van der Waals surface area contributed by atoms with Crippen molar-refractivity contribution in [1.82, 2.24) is 10.2 Å². The molecule has 0 aromatic rings. The Balaban J connectivity index is 4.33. The first kappa shape index (κ1) is 16.4. The highest BCUT2D eigenvalue weighted by atomic mass is 16.1. The summed E-state index contributed by atoms with van der Waals surface area (Å²) in [6, 6.07) is 0.0220. The Labute approximate surface area is 106 Å². The molecule has 4 heteroatoms. The van der Waals surface area contributed by atoms with Crippen LogP contribution in [0.1, 0.15) is 41.0 Å². The zero-order valence-corrected chi connectivity index (χ0v) is 12.0. The van der Waals surface area contributed by atoms with Gasteiger partial charge in [-0.05, 0) is 12.5 Å². The van der Waals surface area contributed by atoms with Crippen molar-refractivity contribution in [2.45, 2.75) is 53.1 Å². The van der Waals surface area contributed by atoms with Crippen LogP contribution in [0.4, 0.5) is 0 Å². The molecule has 4 nitrogen and oxygen atoms in total. The third-order valence-corrected chi connectivity index (χ3v) is 3.03. The maximum Gasteiger partial charge on any atom is 0.235 e. The van der Waals surface area contributed by atoms with Crippen molar-refractivity contribution < 1.29 is 4.79 Å². The van der Waals surface area contributed by atoms with Crippen LogP contribution in [0.2, 0.25) is 0 Å². The van der Waals surface area contributed by atoms with Gasteiger partial charge in [0.15, 0.2) is 0 Å². The minimum absolute atomic E-state index is 0.251. The number of hydrogen-bond donors (Lipinski definition) is 2. The number of nitrogens with two attached hydrogens (primary N) is 1. The molecule has 0 radical (unpaired) electrons. The first-order chi connectivity index (χ1) is 7.90. The fourth-order valence-electron chi connectivity index (χ4n) is 1.79. The summed E-state index contributed by atoms with van der Waals surface area (Å²) in [6.45, 7) is 13.3. The van der Waals surface area contributed by atoms with Crippen molar-refractivity contribution in [2.24, 2.45) is 11.7 Å². The van der Waals surface area contributed by atoms with E-state index < -0.39 is 0 Å². The third kappa shape index (κ3) is 7.34. The number of rotatable bonds is 9. The quantitative estimate of drug-likeness (QED) is 0.640. The van der Waals surface area contributed by atoms with Gasteiger partial charge in [0.05, 0.1) is 6.04 Å². The predicted octanol–water partition coefficient (Wildman–Crippen LogP) is 1.21. The Morgan fingerprint density at radius 3 is 2.18 bits per heavy atom. The second-order valence-corrected chi connectivity index (χ2v) is 5.14. The summed E-state index contributed by atoms with van der Waals surface area (Å²) in [6.07, 6.45) is 1.16. The van der Waals surface area contributed by atoms with E-state index >= 15 is 0 Å². The van der Waals surface area contributed by atoms with Crippen LogP contribution in [0.15, 0.2) is 0 Å². The smallest absolute Gasteiger partial charge is 0.235 e. The van der Waals surface area contributed by atoms with Gasteiger partial charge in [-0.25, -0.2) is 0 Å². The summed E-state index contributed by atoms with van der Waals surface area (Å²) in [5.41, 5.74) is 5.42. The summed E-state index contributed by atoms with van der Waals surface area (Å²) < 4.78 is 0. The number of carbonyl (C=O) groups is 1. The highest BCUT2D eigenvalue weighted by molar-refractivity contribution is 5.80. The van der Waals surface area contributed by atoms with E-state index in [1.54, 1.807) is 0 Å². The van der Waals surface area contributed by atoms with E-state index in [0.717, 1.165) is 19.5 Å². The highest BCUT2D eigenvalue weighted by Crippen LogP contribution is 2.05. The minimum atomic E-state index is -0.263. The molecule has 2 unspecified atom stereocenters. The lowest BCUT2D eigenvalue weighted by atomic mass is 10.1. The molecule has 0 saturated carbocycles. The highest BCUT2D eigenvalue weighted by Gasteiger charge is 2.19. The van der Waals surface area contributed by atoms with Gasteiger partial charge in [0.2, 0.25) is 5.91 Å². The average Bonchev–Trinajstić information content (AvgIpc) is 2.25. The second kappa shape index (κ2) is 8.48. The molecule has 0 heterocycles. The van der Waals surface area contributed by atoms with Crippen LogP contribution < -0.4 is 11.1 Å². The van der Waals surface area contributed by atoms with Crippen molar-refractivity contribution in [2.75, 3.05) is 19.6 Å². The Morgan fingerprint density at radius 1 is 1.24 bits per heavy atom. The molecule has 17 heavy (non-hydrogen) atoms. The largest absolute Gasteiger partial charge is 0.368 e. The van der Waals surface area contributed by atoms with E-state index in [9.17, 15) is 4.79 Å². The lowest BCUT2D eigenvalue weighted by Gasteiger charge is -2.28. The SMILES string of the molecule is CCC(C)CN(CC)CC(NC(C)C)C(N)=O. The Hall–Kier alpha value is -0.610. The van der Waals surface area contributed by atoms with E-state index in [1.807, 2.05) is 13.8 Å². The van der Waals surface area contributed by atoms with Gasteiger partial charge in [0, 0.05) is 19.1 Å². The fourth-order valence-corrected chi connectivity index (χ4v) is 1.79. The van der Waals surface area contributed by atoms with Gasteiger partial charge in [-0.3, -0.25) is 4.79 Å². The molecule has 3 N–H and O–H groups in total. The zero-order valence-electron chi connectivity index (χ0n) is 12.0. The predicted molar refractivity (Wildman–Crippen MR) is 72.8 cm³/mol. The maximum absolute atomic E-state index is 11.4. The zero-order chi connectivity index (χ0) is 13.4. The number of hydrogen-bond acceptors (Lipinski definition) is 3. The van der Waals surface area contributed by atoms with Crippen molar-refractivity contribution in [3.8, 4) is 0 Å². The van der Waals surface area contributed by atoms with Gasteiger partial charge in [-0.15, -0.1) is 0 Å². The van der Waals surface area contributed by atoms with Gasteiger partial charge in [-0.2, -0.15) is 0 Å². The van der Waals surface area contributed by atoms with Crippen LogP contribution >= 0.6 is 0 Å². The molecular weight excluding hydrogens is 214 g/mol. The maximum atomic E-state index is 11.4. The fraction of sp³-hybridized carbons (Fsp3) is 0.923. The Morgan fingerprint density at radius 2 is 1.82 bits per heavy atom. The molecule has 0 rings (SSSR count). The monoisotopic (exact) mass is 243 g/mol. The van der Waals surface area contributed by atoms with E-state index in [2.05, 4.69) is 31.0 Å². The lowest BCUT2D eigenvalue weighted by Crippen LogP contribution is -2.51. The van der Waals surface area contributed by atoms with E-state index in [1.165, 1.54) is 0 Å². The molecule has 0 aromatic heterocycles. The summed E-state index contributed by atoms with van der Waals surface area (Å²) in [4.78, 5) is 13.7.